The topological polar surface area (TPSA) is 66.5 Å². The van der Waals surface area contributed by atoms with Crippen LogP contribution in [0.15, 0.2) is 22.7 Å². The van der Waals surface area contributed by atoms with Gasteiger partial charge in [-0.2, -0.15) is 0 Å². The van der Waals surface area contributed by atoms with E-state index in [0.29, 0.717) is 5.02 Å². The number of halogens is 1. The molecule has 0 aromatic carbocycles. The Labute approximate surface area is 135 Å². The molecule has 2 N–H and O–H groups in total. The number of rotatable bonds is 6. The summed E-state index contributed by atoms with van der Waals surface area (Å²) < 4.78 is 1.03. The Morgan fingerprint density at radius 1 is 1.43 bits per heavy atom. The molecule has 0 spiro atoms. The van der Waals surface area contributed by atoms with Crippen LogP contribution < -0.4 is 5.32 Å². The third-order valence-electron chi connectivity index (χ3n) is 2.84. The van der Waals surface area contributed by atoms with E-state index < -0.39 is 0 Å². The SMILES string of the molecule is Cc1nnc(SCCCNc2cc(Cl)c3cc[nH]c3n2)s1. The van der Waals surface area contributed by atoms with Crippen LogP contribution in [0.25, 0.3) is 11.0 Å². The fraction of sp³-hybridized carbons (Fsp3) is 0.308. The zero-order valence-corrected chi connectivity index (χ0v) is 13.8. The molecule has 0 amide bonds. The van der Waals surface area contributed by atoms with Crippen molar-refractivity contribution in [1.82, 2.24) is 20.2 Å². The van der Waals surface area contributed by atoms with Crippen molar-refractivity contribution in [2.75, 3.05) is 17.6 Å². The van der Waals surface area contributed by atoms with Gasteiger partial charge in [0, 0.05) is 23.9 Å². The first-order valence-corrected chi connectivity index (χ1v) is 8.71. The van der Waals surface area contributed by atoms with Gasteiger partial charge in [-0.3, -0.25) is 0 Å². The first-order valence-electron chi connectivity index (χ1n) is 6.53. The molecule has 110 valence electrons. The molecule has 21 heavy (non-hydrogen) atoms. The van der Waals surface area contributed by atoms with Gasteiger partial charge in [-0.05, 0) is 25.5 Å². The molecule has 3 heterocycles. The molecule has 0 unspecified atom stereocenters. The molecule has 3 aromatic heterocycles. The average Bonchev–Trinajstić information content (AvgIpc) is 3.07. The quantitative estimate of drug-likeness (QED) is 0.525. The predicted octanol–water partition coefficient (Wildman–Crippen LogP) is 3.97. The Kier molecular flexibility index (Phi) is 4.62. The van der Waals surface area contributed by atoms with Crippen LogP contribution in [0, 0.1) is 6.92 Å². The van der Waals surface area contributed by atoms with Gasteiger partial charge in [0.15, 0.2) is 4.34 Å². The summed E-state index contributed by atoms with van der Waals surface area (Å²) in [6, 6.07) is 3.79. The van der Waals surface area contributed by atoms with Crippen molar-refractivity contribution < 1.29 is 0 Å². The highest BCUT2D eigenvalue weighted by Crippen LogP contribution is 2.25. The highest BCUT2D eigenvalue weighted by atomic mass is 35.5. The number of hydrogen-bond acceptors (Lipinski definition) is 6. The molecular formula is C13H14ClN5S2. The first kappa shape index (κ1) is 14.6. The Morgan fingerprint density at radius 2 is 2.33 bits per heavy atom. The molecular weight excluding hydrogens is 326 g/mol. The van der Waals surface area contributed by atoms with E-state index in [0.717, 1.165) is 44.9 Å². The fourth-order valence-corrected chi connectivity index (χ4v) is 3.95. The fourth-order valence-electron chi connectivity index (χ4n) is 1.87. The number of anilines is 1. The summed E-state index contributed by atoms with van der Waals surface area (Å²) in [4.78, 5) is 7.55. The molecule has 0 saturated heterocycles. The molecule has 0 saturated carbocycles. The standard InChI is InChI=1S/C13H14ClN5S2/c1-8-18-19-13(21-8)20-6-2-4-15-11-7-10(14)9-3-5-16-12(9)17-11/h3,5,7H,2,4,6H2,1H3,(H2,15,16,17). The summed E-state index contributed by atoms with van der Waals surface area (Å²) in [6.45, 7) is 2.82. The van der Waals surface area contributed by atoms with Crippen LogP contribution in [0.1, 0.15) is 11.4 Å². The molecule has 0 atom stereocenters. The molecule has 0 fully saturated rings. The lowest BCUT2D eigenvalue weighted by Gasteiger charge is -2.06. The number of H-pyrrole nitrogens is 1. The summed E-state index contributed by atoms with van der Waals surface area (Å²) in [6.07, 6.45) is 2.86. The van der Waals surface area contributed by atoms with Crippen molar-refractivity contribution >= 4 is 51.6 Å². The summed E-state index contributed by atoms with van der Waals surface area (Å²) >= 11 is 9.58. The van der Waals surface area contributed by atoms with Crippen LogP contribution in [-0.4, -0.2) is 32.5 Å². The summed E-state index contributed by atoms with van der Waals surface area (Å²) in [5.41, 5.74) is 0.809. The minimum atomic E-state index is 0.711. The zero-order chi connectivity index (χ0) is 14.7. The van der Waals surface area contributed by atoms with Crippen molar-refractivity contribution in [2.45, 2.75) is 17.7 Å². The van der Waals surface area contributed by atoms with Gasteiger partial charge in [0.1, 0.15) is 16.5 Å². The number of nitrogens with zero attached hydrogens (tertiary/aromatic N) is 3. The maximum atomic E-state index is 6.21. The van der Waals surface area contributed by atoms with Gasteiger partial charge in [-0.1, -0.05) is 34.7 Å². The Hall–Kier alpha value is -1.31. The van der Waals surface area contributed by atoms with E-state index in [2.05, 4.69) is 25.5 Å². The number of aromatic amines is 1. The third kappa shape index (κ3) is 3.66. The molecule has 0 aliphatic heterocycles. The van der Waals surface area contributed by atoms with Crippen molar-refractivity contribution in [3.8, 4) is 0 Å². The Morgan fingerprint density at radius 3 is 3.14 bits per heavy atom. The number of hydrogen-bond donors (Lipinski definition) is 2. The lowest BCUT2D eigenvalue weighted by atomic mass is 10.3. The number of aryl methyl sites for hydroxylation is 1. The number of fused-ring (bicyclic) bond motifs is 1. The number of thioether (sulfide) groups is 1. The normalized spacial score (nSPS) is 11.1. The minimum Gasteiger partial charge on any atom is -0.370 e. The smallest absolute Gasteiger partial charge is 0.174 e. The van der Waals surface area contributed by atoms with Crippen LogP contribution in [0.3, 0.4) is 0 Å². The largest absolute Gasteiger partial charge is 0.370 e. The summed E-state index contributed by atoms with van der Waals surface area (Å²) in [5.74, 6) is 1.80. The molecule has 8 heteroatoms. The number of aromatic nitrogens is 4. The molecule has 0 aliphatic rings. The maximum Gasteiger partial charge on any atom is 0.174 e. The van der Waals surface area contributed by atoms with E-state index in [1.54, 1.807) is 23.1 Å². The summed E-state index contributed by atoms with van der Waals surface area (Å²) in [7, 11) is 0. The maximum absolute atomic E-state index is 6.21. The van der Waals surface area contributed by atoms with Crippen LogP contribution >= 0.6 is 34.7 Å². The molecule has 0 radical (unpaired) electrons. The van der Waals surface area contributed by atoms with Gasteiger partial charge >= 0.3 is 0 Å². The molecule has 0 aliphatic carbocycles. The van der Waals surface area contributed by atoms with E-state index in [-0.39, 0.29) is 0 Å². The second kappa shape index (κ2) is 6.64. The van der Waals surface area contributed by atoms with Crippen LogP contribution in [-0.2, 0) is 0 Å². The van der Waals surface area contributed by atoms with Crippen LogP contribution in [0.5, 0.6) is 0 Å². The van der Waals surface area contributed by atoms with Crippen molar-refractivity contribution in [3.63, 3.8) is 0 Å². The number of pyridine rings is 1. The minimum absolute atomic E-state index is 0.711. The second-order valence-electron chi connectivity index (χ2n) is 4.45. The van der Waals surface area contributed by atoms with Gasteiger partial charge in [-0.15, -0.1) is 10.2 Å². The lowest BCUT2D eigenvalue weighted by Crippen LogP contribution is -2.04. The molecule has 0 bridgehead atoms. The lowest BCUT2D eigenvalue weighted by molar-refractivity contribution is 0.965. The second-order valence-corrected chi connectivity index (χ2v) is 7.38. The van der Waals surface area contributed by atoms with E-state index in [4.69, 9.17) is 11.6 Å². The third-order valence-corrected chi connectivity index (χ3v) is 5.21. The highest BCUT2D eigenvalue weighted by molar-refractivity contribution is 8.01. The van der Waals surface area contributed by atoms with E-state index >= 15 is 0 Å². The van der Waals surface area contributed by atoms with Crippen LogP contribution in [0.4, 0.5) is 5.82 Å². The average molecular weight is 340 g/mol. The summed E-state index contributed by atoms with van der Waals surface area (Å²) in [5, 5.41) is 14.1. The van der Waals surface area contributed by atoms with Gasteiger partial charge < -0.3 is 10.3 Å². The van der Waals surface area contributed by atoms with Gasteiger partial charge in [0.2, 0.25) is 0 Å². The van der Waals surface area contributed by atoms with Crippen molar-refractivity contribution in [3.05, 3.63) is 28.4 Å². The monoisotopic (exact) mass is 339 g/mol. The van der Waals surface area contributed by atoms with Crippen molar-refractivity contribution in [2.24, 2.45) is 0 Å². The molecule has 3 rings (SSSR count). The van der Waals surface area contributed by atoms with Gasteiger partial charge in [0.05, 0.1) is 5.02 Å². The van der Waals surface area contributed by atoms with E-state index in [1.807, 2.05) is 25.3 Å². The molecule has 5 nitrogen and oxygen atoms in total. The first-order chi connectivity index (χ1) is 10.2. The van der Waals surface area contributed by atoms with Gasteiger partial charge in [0.25, 0.3) is 0 Å². The number of nitrogens with one attached hydrogen (secondary N) is 2. The molecule has 3 aromatic rings. The zero-order valence-electron chi connectivity index (χ0n) is 11.4. The van der Waals surface area contributed by atoms with Crippen LogP contribution in [0.2, 0.25) is 5.02 Å². The van der Waals surface area contributed by atoms with Gasteiger partial charge in [-0.25, -0.2) is 4.98 Å². The van der Waals surface area contributed by atoms with E-state index in [9.17, 15) is 0 Å². The Bertz CT molecular complexity index is 739. The van der Waals surface area contributed by atoms with Crippen molar-refractivity contribution in [1.29, 1.82) is 0 Å². The van der Waals surface area contributed by atoms with E-state index in [1.165, 1.54) is 0 Å². The predicted molar refractivity (Wildman–Crippen MR) is 89.6 cm³/mol. The highest BCUT2D eigenvalue weighted by Gasteiger charge is 2.05. The Balaban J connectivity index is 1.48.